The predicted octanol–water partition coefficient (Wildman–Crippen LogP) is 3.40. The normalized spacial score (nSPS) is 13.6. The van der Waals surface area contributed by atoms with Gasteiger partial charge in [0.1, 0.15) is 0 Å². The molecule has 2 unspecified atom stereocenters. The van der Waals surface area contributed by atoms with Crippen molar-refractivity contribution in [1.29, 1.82) is 0 Å². The number of rotatable bonds is 7. The Morgan fingerprint density at radius 1 is 0.960 bits per heavy atom. The number of amides is 2. The summed E-state index contributed by atoms with van der Waals surface area (Å²) in [7, 11) is 0. The van der Waals surface area contributed by atoms with Gasteiger partial charge in [-0.1, -0.05) is 52.8 Å². The molecule has 0 fully saturated rings. The Morgan fingerprint density at radius 2 is 1.48 bits per heavy atom. The Balaban J connectivity index is 2.84. The van der Waals surface area contributed by atoms with Crippen LogP contribution in [0.2, 0.25) is 0 Å². The Kier molecular flexibility index (Phi) is 8.10. The van der Waals surface area contributed by atoms with E-state index in [0.29, 0.717) is 13.0 Å². The minimum absolute atomic E-state index is 0.103. The summed E-state index contributed by atoms with van der Waals surface area (Å²) < 4.78 is 0. The number of carbonyl (C=O) groups is 2. The number of anilines is 1. The molecule has 0 heterocycles. The molecule has 2 amide bonds. The van der Waals surface area contributed by atoms with Gasteiger partial charge in [0.15, 0.2) is 0 Å². The highest BCUT2D eigenvalue weighted by Crippen LogP contribution is 2.32. The summed E-state index contributed by atoms with van der Waals surface area (Å²) in [6, 6.07) is 5.95. The zero-order valence-electron chi connectivity index (χ0n) is 16.2. The van der Waals surface area contributed by atoms with E-state index >= 15 is 0 Å². The van der Waals surface area contributed by atoms with Crippen molar-refractivity contribution < 1.29 is 14.7 Å². The van der Waals surface area contributed by atoms with Crippen LogP contribution >= 0.6 is 0 Å². The molecule has 5 heteroatoms. The Hall–Kier alpha value is -1.88. The monoisotopic (exact) mass is 348 g/mol. The number of aliphatic hydroxyl groups is 1. The molecule has 0 aliphatic carbocycles. The van der Waals surface area contributed by atoms with Gasteiger partial charge >= 0.3 is 11.8 Å². The molecule has 3 N–H and O–H groups in total. The SMILES string of the molecule is CC(O)CC(C)CNC(=O)C(=O)Nc1c(C(C)C)cccc1C(C)C. The fourth-order valence-corrected chi connectivity index (χ4v) is 2.88. The number of hydrogen-bond acceptors (Lipinski definition) is 3. The first-order chi connectivity index (χ1) is 11.6. The first-order valence-electron chi connectivity index (χ1n) is 9.03. The van der Waals surface area contributed by atoms with Gasteiger partial charge in [0.05, 0.1) is 6.10 Å². The van der Waals surface area contributed by atoms with Crippen molar-refractivity contribution in [2.45, 2.75) is 65.9 Å². The fourth-order valence-electron chi connectivity index (χ4n) is 2.88. The van der Waals surface area contributed by atoms with E-state index in [2.05, 4.69) is 38.3 Å². The van der Waals surface area contributed by atoms with E-state index in [1.165, 1.54) is 0 Å². The molecule has 0 saturated heterocycles. The summed E-state index contributed by atoms with van der Waals surface area (Å²) in [5.74, 6) is -0.720. The van der Waals surface area contributed by atoms with Crippen LogP contribution in [0.3, 0.4) is 0 Å². The lowest BCUT2D eigenvalue weighted by molar-refractivity contribution is -0.136. The van der Waals surface area contributed by atoms with Crippen LogP contribution in [0.1, 0.15) is 70.9 Å². The smallest absolute Gasteiger partial charge is 0.313 e. The number of aliphatic hydroxyl groups excluding tert-OH is 1. The zero-order valence-corrected chi connectivity index (χ0v) is 16.2. The van der Waals surface area contributed by atoms with E-state index in [4.69, 9.17) is 0 Å². The number of nitrogens with one attached hydrogen (secondary N) is 2. The number of para-hydroxylation sites is 1. The standard InChI is InChI=1S/C20H32N2O3/c1-12(2)16-8-7-9-17(13(3)4)18(16)22-20(25)19(24)21-11-14(5)10-15(6)23/h7-9,12-15,23H,10-11H2,1-6H3,(H,21,24)(H,22,25). The van der Waals surface area contributed by atoms with Crippen LogP contribution in [0.5, 0.6) is 0 Å². The van der Waals surface area contributed by atoms with Crippen LogP contribution in [0.4, 0.5) is 5.69 Å². The third-order valence-corrected chi connectivity index (χ3v) is 4.17. The Labute approximate surface area is 151 Å². The van der Waals surface area contributed by atoms with E-state index in [1.54, 1.807) is 6.92 Å². The summed E-state index contributed by atoms with van der Waals surface area (Å²) in [5, 5.41) is 14.8. The second-order valence-electron chi connectivity index (χ2n) is 7.47. The summed E-state index contributed by atoms with van der Waals surface area (Å²) in [6.07, 6.45) is 0.155. The van der Waals surface area contributed by atoms with E-state index in [-0.39, 0.29) is 17.8 Å². The topological polar surface area (TPSA) is 78.4 Å². The van der Waals surface area contributed by atoms with Gasteiger partial charge in [0.25, 0.3) is 0 Å². The molecule has 140 valence electrons. The lowest BCUT2D eigenvalue weighted by Gasteiger charge is -2.20. The molecule has 0 spiro atoms. The lowest BCUT2D eigenvalue weighted by Crippen LogP contribution is -2.38. The fraction of sp³-hybridized carbons (Fsp3) is 0.600. The molecule has 1 rings (SSSR count). The van der Waals surface area contributed by atoms with Crippen molar-refractivity contribution in [3.63, 3.8) is 0 Å². The number of hydrogen-bond donors (Lipinski definition) is 3. The molecule has 2 atom stereocenters. The largest absolute Gasteiger partial charge is 0.393 e. The lowest BCUT2D eigenvalue weighted by atomic mass is 9.92. The third-order valence-electron chi connectivity index (χ3n) is 4.17. The van der Waals surface area contributed by atoms with Crippen LogP contribution in [0.25, 0.3) is 0 Å². The van der Waals surface area contributed by atoms with Crippen LogP contribution in [-0.2, 0) is 9.59 Å². The summed E-state index contributed by atoms with van der Waals surface area (Å²) in [4.78, 5) is 24.4. The van der Waals surface area contributed by atoms with Crippen molar-refractivity contribution >= 4 is 17.5 Å². The Morgan fingerprint density at radius 3 is 1.92 bits per heavy atom. The molecule has 0 aromatic heterocycles. The molecule has 5 nitrogen and oxygen atoms in total. The van der Waals surface area contributed by atoms with Gasteiger partial charge in [0, 0.05) is 12.2 Å². The van der Waals surface area contributed by atoms with Crippen molar-refractivity contribution in [2.24, 2.45) is 5.92 Å². The highest BCUT2D eigenvalue weighted by molar-refractivity contribution is 6.39. The van der Waals surface area contributed by atoms with Gasteiger partial charge in [-0.05, 0) is 42.2 Å². The van der Waals surface area contributed by atoms with E-state index in [9.17, 15) is 14.7 Å². The Bertz CT molecular complexity index is 568. The molecule has 0 aliphatic heterocycles. The summed E-state index contributed by atoms with van der Waals surface area (Å²) in [5.41, 5.74) is 2.79. The van der Waals surface area contributed by atoms with Gasteiger partial charge < -0.3 is 15.7 Å². The quantitative estimate of drug-likeness (QED) is 0.661. The second kappa shape index (κ2) is 9.56. The third kappa shape index (κ3) is 6.50. The maximum atomic E-state index is 12.3. The molecule has 0 bridgehead atoms. The van der Waals surface area contributed by atoms with E-state index < -0.39 is 17.9 Å². The molecule has 25 heavy (non-hydrogen) atoms. The maximum absolute atomic E-state index is 12.3. The van der Waals surface area contributed by atoms with Crippen LogP contribution < -0.4 is 10.6 Å². The average Bonchev–Trinajstić information content (AvgIpc) is 2.51. The van der Waals surface area contributed by atoms with Crippen molar-refractivity contribution in [2.75, 3.05) is 11.9 Å². The molecule has 1 aromatic rings. The van der Waals surface area contributed by atoms with Crippen molar-refractivity contribution in [1.82, 2.24) is 5.32 Å². The van der Waals surface area contributed by atoms with Crippen LogP contribution in [0.15, 0.2) is 18.2 Å². The predicted molar refractivity (Wildman–Crippen MR) is 102 cm³/mol. The van der Waals surface area contributed by atoms with Gasteiger partial charge in [-0.15, -0.1) is 0 Å². The average molecular weight is 348 g/mol. The maximum Gasteiger partial charge on any atom is 0.313 e. The first kappa shape index (κ1) is 21.2. The minimum atomic E-state index is -0.653. The highest BCUT2D eigenvalue weighted by atomic mass is 16.3. The zero-order chi connectivity index (χ0) is 19.1. The molecule has 0 aliphatic rings. The summed E-state index contributed by atoms with van der Waals surface area (Å²) in [6.45, 7) is 12.2. The van der Waals surface area contributed by atoms with Crippen molar-refractivity contribution in [3.8, 4) is 0 Å². The molecular formula is C20H32N2O3. The number of benzene rings is 1. The number of carbonyl (C=O) groups excluding carboxylic acids is 2. The molecule has 0 saturated carbocycles. The van der Waals surface area contributed by atoms with Gasteiger partial charge in [-0.2, -0.15) is 0 Å². The van der Waals surface area contributed by atoms with E-state index in [1.807, 2.05) is 25.1 Å². The molecule has 0 radical (unpaired) electrons. The first-order valence-corrected chi connectivity index (χ1v) is 9.03. The summed E-state index contributed by atoms with van der Waals surface area (Å²) >= 11 is 0. The van der Waals surface area contributed by atoms with E-state index in [0.717, 1.165) is 16.8 Å². The van der Waals surface area contributed by atoms with Crippen LogP contribution in [0, 0.1) is 5.92 Å². The van der Waals surface area contributed by atoms with Crippen molar-refractivity contribution in [3.05, 3.63) is 29.3 Å². The molecular weight excluding hydrogens is 316 g/mol. The second-order valence-corrected chi connectivity index (χ2v) is 7.47. The van der Waals surface area contributed by atoms with Gasteiger partial charge in [0.2, 0.25) is 0 Å². The van der Waals surface area contributed by atoms with Gasteiger partial charge in [-0.3, -0.25) is 9.59 Å². The molecule has 1 aromatic carbocycles. The van der Waals surface area contributed by atoms with Crippen LogP contribution in [-0.4, -0.2) is 29.6 Å². The minimum Gasteiger partial charge on any atom is -0.393 e. The highest BCUT2D eigenvalue weighted by Gasteiger charge is 2.20. The van der Waals surface area contributed by atoms with Gasteiger partial charge in [-0.25, -0.2) is 0 Å².